The monoisotopic (exact) mass is 857 g/mol. The van der Waals surface area contributed by atoms with Crippen LogP contribution in [0.4, 0.5) is 0 Å². The molecule has 0 spiro atoms. The number of carbonyl (C=O) groups is 3. The van der Waals surface area contributed by atoms with Gasteiger partial charge in [-0.3, -0.25) is 14.4 Å². The van der Waals surface area contributed by atoms with Gasteiger partial charge in [0.2, 0.25) is 0 Å². The Morgan fingerprint density at radius 1 is 0.311 bits per heavy atom. The standard InChI is InChI=1S/C55H100O6/c1-4-7-10-13-16-19-22-24-26-27-29-30-33-36-39-42-45-48-54(57)60-51-52(50-59-53(56)47-44-41-38-35-32-21-18-15-12-9-6-3)61-55(58)49-46-43-40-37-34-31-28-25-23-20-17-14-11-8-5-2/h15,18,24-26,28,52H,4-14,16-17,19-23,27,29-51H2,1-3H3/b18-15-,26-24-,28-25-. The quantitative estimate of drug-likeness (QED) is 0.0262. The van der Waals surface area contributed by atoms with Gasteiger partial charge in [-0.25, -0.2) is 0 Å². The van der Waals surface area contributed by atoms with Crippen molar-refractivity contribution in [2.45, 2.75) is 284 Å². The minimum Gasteiger partial charge on any atom is -0.462 e. The highest BCUT2D eigenvalue weighted by atomic mass is 16.6. The van der Waals surface area contributed by atoms with Gasteiger partial charge >= 0.3 is 17.9 Å². The van der Waals surface area contributed by atoms with E-state index in [9.17, 15) is 14.4 Å². The molecule has 0 aromatic rings. The molecule has 0 aromatic carbocycles. The molecule has 1 unspecified atom stereocenters. The van der Waals surface area contributed by atoms with E-state index in [0.717, 1.165) is 70.6 Å². The molecular formula is C55H100O6. The zero-order valence-corrected chi connectivity index (χ0v) is 40.7. The first-order valence-electron chi connectivity index (χ1n) is 26.5. The number of rotatable bonds is 48. The average molecular weight is 857 g/mol. The third kappa shape index (κ3) is 48.5. The van der Waals surface area contributed by atoms with Gasteiger partial charge in [-0.15, -0.1) is 0 Å². The molecule has 356 valence electrons. The Morgan fingerprint density at radius 3 is 0.869 bits per heavy atom. The van der Waals surface area contributed by atoms with E-state index in [-0.39, 0.29) is 31.1 Å². The van der Waals surface area contributed by atoms with Crippen molar-refractivity contribution in [2.75, 3.05) is 13.2 Å². The molecule has 0 aliphatic rings. The summed E-state index contributed by atoms with van der Waals surface area (Å²) in [7, 11) is 0. The summed E-state index contributed by atoms with van der Waals surface area (Å²) in [5, 5.41) is 0. The molecule has 6 nitrogen and oxygen atoms in total. The van der Waals surface area contributed by atoms with Crippen LogP contribution in [0, 0.1) is 0 Å². The molecule has 0 aromatic heterocycles. The second-order valence-electron chi connectivity index (χ2n) is 17.8. The lowest BCUT2D eigenvalue weighted by Crippen LogP contribution is -2.30. The molecule has 0 aliphatic heterocycles. The normalized spacial score (nSPS) is 12.2. The van der Waals surface area contributed by atoms with Crippen molar-refractivity contribution in [2.24, 2.45) is 0 Å². The van der Waals surface area contributed by atoms with Crippen molar-refractivity contribution >= 4 is 17.9 Å². The predicted molar refractivity (Wildman–Crippen MR) is 261 cm³/mol. The maximum Gasteiger partial charge on any atom is 0.306 e. The Bertz CT molecular complexity index is 1030. The SMILES string of the molecule is CCCC/C=C\CCCCCCCC(=O)OCC(COC(=O)CCCCCCCCC/C=C\CCCCCCCC)OC(=O)CCCCCCC/C=C\CCCCCCCC. The smallest absolute Gasteiger partial charge is 0.306 e. The van der Waals surface area contributed by atoms with Crippen LogP contribution in [0.15, 0.2) is 36.5 Å². The number of unbranched alkanes of at least 4 members (excludes halogenated alkanes) is 31. The second kappa shape index (κ2) is 50.3. The average Bonchev–Trinajstić information content (AvgIpc) is 3.26. The topological polar surface area (TPSA) is 78.9 Å². The molecule has 0 aliphatic carbocycles. The van der Waals surface area contributed by atoms with E-state index in [1.165, 1.54) is 167 Å². The van der Waals surface area contributed by atoms with Crippen LogP contribution in [-0.4, -0.2) is 37.2 Å². The van der Waals surface area contributed by atoms with Gasteiger partial charge < -0.3 is 14.2 Å². The Morgan fingerprint density at radius 2 is 0.557 bits per heavy atom. The summed E-state index contributed by atoms with van der Waals surface area (Å²) < 4.78 is 16.8. The molecule has 0 heterocycles. The molecule has 0 fully saturated rings. The third-order valence-electron chi connectivity index (χ3n) is 11.6. The molecule has 0 saturated heterocycles. The van der Waals surface area contributed by atoms with Gasteiger partial charge in [0.15, 0.2) is 6.10 Å². The fraction of sp³-hybridized carbons (Fsp3) is 0.836. The largest absolute Gasteiger partial charge is 0.462 e. The Hall–Kier alpha value is -2.37. The van der Waals surface area contributed by atoms with E-state index in [2.05, 4.69) is 57.2 Å². The molecule has 0 radical (unpaired) electrons. The van der Waals surface area contributed by atoms with E-state index >= 15 is 0 Å². The second-order valence-corrected chi connectivity index (χ2v) is 17.8. The van der Waals surface area contributed by atoms with Crippen molar-refractivity contribution in [3.8, 4) is 0 Å². The van der Waals surface area contributed by atoms with Gasteiger partial charge in [-0.1, -0.05) is 205 Å². The van der Waals surface area contributed by atoms with Crippen molar-refractivity contribution in [3.63, 3.8) is 0 Å². The molecule has 0 amide bonds. The van der Waals surface area contributed by atoms with Crippen molar-refractivity contribution < 1.29 is 28.6 Å². The van der Waals surface area contributed by atoms with Crippen LogP contribution in [0.25, 0.3) is 0 Å². The lowest BCUT2D eigenvalue weighted by Gasteiger charge is -2.18. The van der Waals surface area contributed by atoms with Crippen molar-refractivity contribution in [1.29, 1.82) is 0 Å². The highest BCUT2D eigenvalue weighted by Gasteiger charge is 2.19. The highest BCUT2D eigenvalue weighted by Crippen LogP contribution is 2.15. The fourth-order valence-electron chi connectivity index (χ4n) is 7.53. The summed E-state index contributed by atoms with van der Waals surface area (Å²) in [6.07, 6.45) is 58.4. The van der Waals surface area contributed by atoms with E-state index in [1.54, 1.807) is 0 Å². The molecular weight excluding hydrogens is 757 g/mol. The summed E-state index contributed by atoms with van der Waals surface area (Å²) in [6.45, 7) is 6.59. The van der Waals surface area contributed by atoms with Gasteiger partial charge in [-0.05, 0) is 89.9 Å². The van der Waals surface area contributed by atoms with Crippen LogP contribution in [0.1, 0.15) is 278 Å². The van der Waals surface area contributed by atoms with E-state index in [0.29, 0.717) is 19.3 Å². The maximum absolute atomic E-state index is 12.8. The summed E-state index contributed by atoms with van der Waals surface area (Å²) >= 11 is 0. The number of esters is 3. The Labute approximate surface area is 378 Å². The molecule has 0 N–H and O–H groups in total. The van der Waals surface area contributed by atoms with Gasteiger partial charge in [0, 0.05) is 19.3 Å². The number of ether oxygens (including phenoxy) is 3. The summed E-state index contributed by atoms with van der Waals surface area (Å²) in [4.78, 5) is 37.9. The number of hydrogen-bond acceptors (Lipinski definition) is 6. The van der Waals surface area contributed by atoms with Crippen LogP contribution in [0.3, 0.4) is 0 Å². The van der Waals surface area contributed by atoms with Crippen molar-refractivity contribution in [3.05, 3.63) is 36.5 Å². The summed E-state index contributed by atoms with van der Waals surface area (Å²) in [5.74, 6) is -0.892. The molecule has 0 bridgehead atoms. The minimum absolute atomic E-state index is 0.0788. The van der Waals surface area contributed by atoms with Gasteiger partial charge in [-0.2, -0.15) is 0 Å². The molecule has 61 heavy (non-hydrogen) atoms. The van der Waals surface area contributed by atoms with Crippen LogP contribution < -0.4 is 0 Å². The molecule has 0 saturated carbocycles. The first-order valence-corrected chi connectivity index (χ1v) is 26.5. The third-order valence-corrected chi connectivity index (χ3v) is 11.6. The van der Waals surface area contributed by atoms with Gasteiger partial charge in [0.25, 0.3) is 0 Å². The lowest BCUT2D eigenvalue weighted by atomic mass is 10.1. The van der Waals surface area contributed by atoms with E-state index in [1.807, 2.05) is 0 Å². The lowest BCUT2D eigenvalue weighted by molar-refractivity contribution is -0.167. The Balaban J connectivity index is 4.35. The van der Waals surface area contributed by atoms with Gasteiger partial charge in [0.05, 0.1) is 0 Å². The van der Waals surface area contributed by atoms with Crippen LogP contribution >= 0.6 is 0 Å². The number of allylic oxidation sites excluding steroid dienone is 6. The van der Waals surface area contributed by atoms with Crippen LogP contribution in [0.2, 0.25) is 0 Å². The van der Waals surface area contributed by atoms with Gasteiger partial charge in [0.1, 0.15) is 13.2 Å². The minimum atomic E-state index is -0.778. The zero-order chi connectivity index (χ0) is 44.4. The molecule has 0 rings (SSSR count). The first-order chi connectivity index (χ1) is 30.0. The maximum atomic E-state index is 12.8. The molecule has 6 heteroatoms. The highest BCUT2D eigenvalue weighted by molar-refractivity contribution is 5.71. The van der Waals surface area contributed by atoms with E-state index in [4.69, 9.17) is 14.2 Å². The molecule has 1 atom stereocenters. The summed E-state index contributed by atoms with van der Waals surface area (Å²) in [5.41, 5.74) is 0. The van der Waals surface area contributed by atoms with Crippen LogP contribution in [0.5, 0.6) is 0 Å². The predicted octanol–water partition coefficient (Wildman–Crippen LogP) is 17.3. The zero-order valence-electron chi connectivity index (χ0n) is 40.7. The fourth-order valence-corrected chi connectivity index (χ4v) is 7.53. The van der Waals surface area contributed by atoms with Crippen molar-refractivity contribution in [1.82, 2.24) is 0 Å². The number of hydrogen-bond donors (Lipinski definition) is 0. The Kier molecular flexibility index (Phi) is 48.3. The summed E-state index contributed by atoms with van der Waals surface area (Å²) in [6, 6.07) is 0. The number of carbonyl (C=O) groups excluding carboxylic acids is 3. The van der Waals surface area contributed by atoms with Crippen LogP contribution in [-0.2, 0) is 28.6 Å². The van der Waals surface area contributed by atoms with E-state index < -0.39 is 6.10 Å². The first kappa shape index (κ1) is 58.6.